The van der Waals surface area contributed by atoms with Gasteiger partial charge in [0.05, 0.1) is 0 Å². The van der Waals surface area contributed by atoms with E-state index in [0.29, 0.717) is 6.04 Å². The predicted octanol–water partition coefficient (Wildman–Crippen LogP) is 1.45. The van der Waals surface area contributed by atoms with Crippen LogP contribution in [0.1, 0.15) is 32.6 Å². The van der Waals surface area contributed by atoms with Crippen LogP contribution in [0.25, 0.3) is 0 Å². The lowest BCUT2D eigenvalue weighted by molar-refractivity contribution is 0.336. The molecule has 0 bridgehead atoms. The summed E-state index contributed by atoms with van der Waals surface area (Å²) in [5.74, 6) is 0.733. The Morgan fingerprint density at radius 2 is 2.00 bits per heavy atom. The minimum absolute atomic E-state index is 0.116. The highest BCUT2D eigenvalue weighted by Gasteiger charge is 2.24. The Labute approximate surface area is 103 Å². The molecule has 1 aliphatic carbocycles. The zero-order valence-electron chi connectivity index (χ0n) is 10.9. The first-order valence-corrected chi connectivity index (χ1v) is 6.69. The van der Waals surface area contributed by atoms with Crippen molar-refractivity contribution in [2.24, 2.45) is 5.92 Å². The maximum atomic E-state index is 12.0. The van der Waals surface area contributed by atoms with Gasteiger partial charge < -0.3 is 5.32 Å². The van der Waals surface area contributed by atoms with Gasteiger partial charge in [-0.25, -0.2) is 4.79 Å². The highest BCUT2D eigenvalue weighted by molar-refractivity contribution is 4.86. The maximum absolute atomic E-state index is 12.0. The van der Waals surface area contributed by atoms with E-state index in [1.54, 1.807) is 4.57 Å². The molecule has 1 aromatic heterocycles. The molecule has 0 aliphatic heterocycles. The molecule has 1 heterocycles. The molecular weight excluding hydrogens is 214 g/mol. The van der Waals surface area contributed by atoms with Crippen molar-refractivity contribution in [1.29, 1.82) is 0 Å². The molecule has 4 heteroatoms. The van der Waals surface area contributed by atoms with Crippen LogP contribution in [0.15, 0.2) is 17.2 Å². The molecule has 0 radical (unpaired) electrons. The summed E-state index contributed by atoms with van der Waals surface area (Å²) in [6.07, 6.45) is 9.07. The van der Waals surface area contributed by atoms with Crippen molar-refractivity contribution in [1.82, 2.24) is 14.5 Å². The normalized spacial score (nSPS) is 18.7. The zero-order chi connectivity index (χ0) is 12.3. The van der Waals surface area contributed by atoms with Crippen LogP contribution >= 0.6 is 0 Å². The molecule has 1 aliphatic rings. The fraction of sp³-hybridized carbons (Fsp3) is 0.769. The highest BCUT2D eigenvalue weighted by Crippen LogP contribution is 2.28. The number of aryl methyl sites for hydroxylation is 1. The summed E-state index contributed by atoms with van der Waals surface area (Å²) in [6, 6.07) is 0.433. The van der Waals surface area contributed by atoms with Gasteiger partial charge in [-0.1, -0.05) is 12.8 Å². The number of aromatic nitrogens is 2. The van der Waals surface area contributed by atoms with E-state index in [1.807, 2.05) is 30.9 Å². The molecule has 0 aromatic carbocycles. The van der Waals surface area contributed by atoms with Gasteiger partial charge in [-0.3, -0.25) is 9.13 Å². The Morgan fingerprint density at radius 1 is 1.35 bits per heavy atom. The van der Waals surface area contributed by atoms with Gasteiger partial charge in [-0.05, 0) is 32.7 Å². The van der Waals surface area contributed by atoms with Gasteiger partial charge in [0.15, 0.2) is 0 Å². The van der Waals surface area contributed by atoms with Crippen LogP contribution in [0.4, 0.5) is 0 Å². The van der Waals surface area contributed by atoms with E-state index in [4.69, 9.17) is 0 Å². The Hall–Kier alpha value is -1.03. The first kappa shape index (κ1) is 12.4. The van der Waals surface area contributed by atoms with Crippen molar-refractivity contribution in [2.45, 2.75) is 51.7 Å². The Bertz CT molecular complexity index is 401. The largest absolute Gasteiger partial charge is 0.328 e. The first-order chi connectivity index (χ1) is 8.26. The van der Waals surface area contributed by atoms with Crippen LogP contribution in [-0.4, -0.2) is 22.2 Å². The maximum Gasteiger partial charge on any atom is 0.328 e. The van der Waals surface area contributed by atoms with E-state index >= 15 is 0 Å². The Kier molecular flexibility index (Phi) is 4.05. The lowest BCUT2D eigenvalue weighted by atomic mass is 9.98. The highest BCUT2D eigenvalue weighted by atomic mass is 16.1. The molecule has 17 heavy (non-hydrogen) atoms. The minimum Gasteiger partial charge on any atom is -0.315 e. The summed E-state index contributed by atoms with van der Waals surface area (Å²) in [5.41, 5.74) is 0.116. The van der Waals surface area contributed by atoms with Crippen LogP contribution in [0.2, 0.25) is 0 Å². The Morgan fingerprint density at radius 3 is 2.53 bits per heavy atom. The lowest BCUT2D eigenvalue weighted by Crippen LogP contribution is -2.39. The van der Waals surface area contributed by atoms with E-state index in [9.17, 15) is 4.79 Å². The summed E-state index contributed by atoms with van der Waals surface area (Å²) < 4.78 is 3.59. The van der Waals surface area contributed by atoms with E-state index in [0.717, 1.165) is 19.0 Å². The number of nitrogens with zero attached hydrogens (tertiary/aromatic N) is 2. The first-order valence-electron chi connectivity index (χ1n) is 6.69. The van der Waals surface area contributed by atoms with Gasteiger partial charge in [0.25, 0.3) is 0 Å². The van der Waals surface area contributed by atoms with Crippen molar-refractivity contribution in [3.05, 3.63) is 22.9 Å². The number of nitrogens with one attached hydrogen (secondary N) is 1. The lowest BCUT2D eigenvalue weighted by Gasteiger charge is -2.22. The monoisotopic (exact) mass is 237 g/mol. The van der Waals surface area contributed by atoms with E-state index in [2.05, 4.69) is 5.32 Å². The van der Waals surface area contributed by atoms with Crippen LogP contribution in [0.3, 0.4) is 0 Å². The van der Waals surface area contributed by atoms with Crippen molar-refractivity contribution >= 4 is 0 Å². The van der Waals surface area contributed by atoms with Gasteiger partial charge in [0.1, 0.15) is 0 Å². The van der Waals surface area contributed by atoms with Crippen molar-refractivity contribution in [2.75, 3.05) is 7.05 Å². The van der Waals surface area contributed by atoms with Crippen molar-refractivity contribution < 1.29 is 0 Å². The topological polar surface area (TPSA) is 39.0 Å². The van der Waals surface area contributed by atoms with Crippen molar-refractivity contribution in [3.63, 3.8) is 0 Å². The van der Waals surface area contributed by atoms with Gasteiger partial charge in [0.2, 0.25) is 0 Å². The second-order valence-corrected chi connectivity index (χ2v) is 4.96. The fourth-order valence-corrected chi connectivity index (χ4v) is 2.88. The van der Waals surface area contributed by atoms with E-state index < -0.39 is 0 Å². The van der Waals surface area contributed by atoms with Crippen LogP contribution in [0, 0.1) is 5.92 Å². The molecule has 96 valence electrons. The number of likely N-dealkylation sites (N-methyl/N-ethyl adjacent to an activating group) is 1. The summed E-state index contributed by atoms with van der Waals surface area (Å²) in [5, 5.41) is 3.38. The molecule has 1 fully saturated rings. The minimum atomic E-state index is 0.116. The third-order valence-electron chi connectivity index (χ3n) is 3.99. The number of hydrogen-bond acceptors (Lipinski definition) is 2. The number of imidazole rings is 1. The molecular formula is C13H23N3O. The van der Waals surface area contributed by atoms with Gasteiger partial charge in [-0.2, -0.15) is 0 Å². The van der Waals surface area contributed by atoms with E-state index in [1.165, 1.54) is 25.7 Å². The summed E-state index contributed by atoms with van der Waals surface area (Å²) >= 11 is 0. The van der Waals surface area contributed by atoms with Gasteiger partial charge in [0, 0.05) is 31.5 Å². The molecule has 1 unspecified atom stereocenters. The number of rotatable bonds is 5. The van der Waals surface area contributed by atoms with Gasteiger partial charge >= 0.3 is 5.69 Å². The average Bonchev–Trinajstić information content (AvgIpc) is 2.96. The third kappa shape index (κ3) is 2.63. The quantitative estimate of drug-likeness (QED) is 0.842. The molecule has 2 rings (SSSR count). The molecule has 0 spiro atoms. The third-order valence-corrected chi connectivity index (χ3v) is 3.99. The molecule has 4 nitrogen and oxygen atoms in total. The fourth-order valence-electron chi connectivity index (χ4n) is 2.88. The molecule has 1 atom stereocenters. The summed E-state index contributed by atoms with van der Waals surface area (Å²) in [6.45, 7) is 3.55. The predicted molar refractivity (Wildman–Crippen MR) is 69.2 cm³/mol. The van der Waals surface area contributed by atoms with E-state index in [-0.39, 0.29) is 5.69 Å². The molecule has 1 N–H and O–H groups in total. The average molecular weight is 237 g/mol. The van der Waals surface area contributed by atoms with Crippen molar-refractivity contribution in [3.8, 4) is 0 Å². The van der Waals surface area contributed by atoms with Crippen LogP contribution in [0.5, 0.6) is 0 Å². The number of hydrogen-bond donors (Lipinski definition) is 1. The standard InChI is InChI=1S/C13H23N3O/c1-3-15-8-9-16(13(15)17)10-12(14-2)11-6-4-5-7-11/h8-9,11-12,14H,3-7,10H2,1-2H3. The molecule has 0 saturated heterocycles. The molecule has 1 aromatic rings. The summed E-state index contributed by atoms with van der Waals surface area (Å²) in [7, 11) is 2.00. The second kappa shape index (κ2) is 5.54. The SMILES string of the molecule is CCn1ccn(CC(NC)C2CCCC2)c1=O. The molecule has 0 amide bonds. The zero-order valence-corrected chi connectivity index (χ0v) is 10.9. The van der Waals surface area contributed by atoms with Gasteiger partial charge in [-0.15, -0.1) is 0 Å². The summed E-state index contributed by atoms with van der Waals surface area (Å²) in [4.78, 5) is 12.0. The molecule has 1 saturated carbocycles. The smallest absolute Gasteiger partial charge is 0.315 e. The van der Waals surface area contributed by atoms with Crippen LogP contribution in [-0.2, 0) is 13.1 Å². The Balaban J connectivity index is 2.07. The van der Waals surface area contributed by atoms with Crippen LogP contribution < -0.4 is 11.0 Å². The second-order valence-electron chi connectivity index (χ2n) is 4.96.